The topological polar surface area (TPSA) is 56.8 Å². The molecule has 25 heavy (non-hydrogen) atoms. The van der Waals surface area contributed by atoms with Crippen molar-refractivity contribution in [2.24, 2.45) is 0 Å². The van der Waals surface area contributed by atoms with Gasteiger partial charge in [0, 0.05) is 30.0 Å². The van der Waals surface area contributed by atoms with Gasteiger partial charge in [0.25, 0.3) is 0 Å². The van der Waals surface area contributed by atoms with Gasteiger partial charge in [0.2, 0.25) is 5.91 Å². The van der Waals surface area contributed by atoms with E-state index < -0.39 is 0 Å². The molecule has 0 fully saturated rings. The zero-order chi connectivity index (χ0) is 18.1. The van der Waals surface area contributed by atoms with Crippen LogP contribution in [-0.2, 0) is 9.53 Å². The second-order valence-electron chi connectivity index (χ2n) is 5.08. The van der Waals surface area contributed by atoms with Crippen molar-refractivity contribution in [3.8, 4) is 11.5 Å². The van der Waals surface area contributed by atoms with Gasteiger partial charge in [0.15, 0.2) is 11.5 Å². The number of carbonyl (C=O) groups is 1. The van der Waals surface area contributed by atoms with Crippen LogP contribution in [0.4, 0.5) is 5.69 Å². The van der Waals surface area contributed by atoms with Crippen molar-refractivity contribution in [1.82, 2.24) is 0 Å². The van der Waals surface area contributed by atoms with Crippen LogP contribution in [0.5, 0.6) is 11.5 Å². The number of carbonyl (C=O) groups excluding carboxylic acids is 1. The number of methoxy groups -OCH3 is 2. The first-order chi connectivity index (χ1) is 12.1. The van der Waals surface area contributed by atoms with E-state index in [4.69, 9.17) is 25.8 Å². The average Bonchev–Trinajstić information content (AvgIpc) is 2.62. The lowest BCUT2D eigenvalue weighted by atomic mass is 10.2. The molecule has 0 aliphatic carbocycles. The highest BCUT2D eigenvalue weighted by Gasteiger charge is 2.07. The lowest BCUT2D eigenvalue weighted by Crippen LogP contribution is -2.09. The number of hydrogen-bond donors (Lipinski definition) is 1. The van der Waals surface area contributed by atoms with Gasteiger partial charge in [-0.2, -0.15) is 0 Å². The monoisotopic (exact) mass is 361 g/mol. The van der Waals surface area contributed by atoms with Crippen LogP contribution in [0.2, 0.25) is 5.02 Å². The van der Waals surface area contributed by atoms with Crippen molar-refractivity contribution in [2.45, 2.75) is 0 Å². The molecule has 0 heterocycles. The minimum absolute atomic E-state index is 0.247. The Morgan fingerprint density at radius 2 is 1.84 bits per heavy atom. The first-order valence-corrected chi connectivity index (χ1v) is 8.04. The Labute approximate surface area is 152 Å². The number of hydrogen-bond acceptors (Lipinski definition) is 4. The van der Waals surface area contributed by atoms with Crippen molar-refractivity contribution in [3.05, 3.63) is 59.1 Å². The predicted octanol–water partition coefficient (Wildman–Crippen LogP) is 4.03. The molecule has 5 nitrogen and oxygen atoms in total. The van der Waals surface area contributed by atoms with Crippen LogP contribution in [0, 0.1) is 0 Å². The summed E-state index contributed by atoms with van der Waals surface area (Å²) < 4.78 is 15.8. The van der Waals surface area contributed by atoms with Crippen molar-refractivity contribution in [1.29, 1.82) is 0 Å². The van der Waals surface area contributed by atoms with Gasteiger partial charge < -0.3 is 19.5 Å². The third-order valence-electron chi connectivity index (χ3n) is 3.27. The highest BCUT2D eigenvalue weighted by atomic mass is 35.5. The third kappa shape index (κ3) is 6.14. The van der Waals surface area contributed by atoms with E-state index in [9.17, 15) is 4.79 Å². The molecule has 2 aromatic rings. The first-order valence-electron chi connectivity index (χ1n) is 7.67. The summed E-state index contributed by atoms with van der Waals surface area (Å²) in [4.78, 5) is 12.1. The zero-order valence-corrected chi connectivity index (χ0v) is 14.9. The van der Waals surface area contributed by atoms with E-state index in [1.807, 2.05) is 12.1 Å². The molecule has 1 amide bonds. The van der Waals surface area contributed by atoms with Crippen LogP contribution in [-0.4, -0.2) is 33.3 Å². The molecule has 0 saturated heterocycles. The fraction of sp³-hybridized carbons (Fsp3) is 0.211. The average molecular weight is 362 g/mol. The summed E-state index contributed by atoms with van der Waals surface area (Å²) in [7, 11) is 3.16. The molecule has 0 aromatic heterocycles. The van der Waals surface area contributed by atoms with E-state index in [2.05, 4.69) is 5.32 Å². The van der Waals surface area contributed by atoms with Crippen LogP contribution < -0.4 is 14.8 Å². The molecular formula is C19H20ClNO4. The molecule has 2 aromatic carbocycles. The quantitative estimate of drug-likeness (QED) is 0.569. The molecular weight excluding hydrogens is 342 g/mol. The molecule has 6 heteroatoms. The van der Waals surface area contributed by atoms with Crippen molar-refractivity contribution < 1.29 is 19.0 Å². The Bertz CT molecular complexity index is 729. The van der Waals surface area contributed by atoms with Crippen LogP contribution in [0.15, 0.2) is 48.5 Å². The largest absolute Gasteiger partial charge is 0.493 e. The van der Waals surface area contributed by atoms with Gasteiger partial charge in [0.05, 0.1) is 13.7 Å². The maximum atomic E-state index is 12.1. The number of benzene rings is 2. The fourth-order valence-corrected chi connectivity index (χ4v) is 2.16. The first kappa shape index (κ1) is 18.8. The van der Waals surface area contributed by atoms with Crippen LogP contribution >= 0.6 is 11.6 Å². The number of amides is 1. The van der Waals surface area contributed by atoms with E-state index in [-0.39, 0.29) is 5.91 Å². The predicted molar refractivity (Wildman–Crippen MR) is 99.5 cm³/mol. The Balaban J connectivity index is 2.01. The Kier molecular flexibility index (Phi) is 7.32. The molecule has 1 N–H and O–H groups in total. The standard InChI is InChI=1S/C19H20ClNO4/c1-23-11-12-25-18-13-16(8-9-17(18)24-2)21-19(22)10-5-14-3-6-15(20)7-4-14/h3-10,13H,11-12H2,1-2H3,(H,21,22)/b10-5+. The molecule has 0 radical (unpaired) electrons. The molecule has 0 unspecified atom stereocenters. The van der Waals surface area contributed by atoms with Gasteiger partial charge >= 0.3 is 0 Å². The third-order valence-corrected chi connectivity index (χ3v) is 3.53. The summed E-state index contributed by atoms with van der Waals surface area (Å²) >= 11 is 5.83. The number of anilines is 1. The fourth-order valence-electron chi connectivity index (χ4n) is 2.03. The van der Waals surface area contributed by atoms with Crippen molar-refractivity contribution in [2.75, 3.05) is 32.8 Å². The van der Waals surface area contributed by atoms with Crippen molar-refractivity contribution >= 4 is 29.3 Å². The number of nitrogens with one attached hydrogen (secondary N) is 1. The second kappa shape index (κ2) is 9.71. The van der Waals surface area contributed by atoms with E-state index in [1.54, 1.807) is 50.6 Å². The van der Waals surface area contributed by atoms with Crippen LogP contribution in [0.3, 0.4) is 0 Å². The zero-order valence-electron chi connectivity index (χ0n) is 14.1. The summed E-state index contributed by atoms with van der Waals surface area (Å²) in [5, 5.41) is 3.44. The summed E-state index contributed by atoms with van der Waals surface area (Å²) in [6.07, 6.45) is 3.17. The summed E-state index contributed by atoms with van der Waals surface area (Å²) in [6, 6.07) is 12.4. The Hall–Kier alpha value is -2.50. The molecule has 132 valence electrons. The van der Waals surface area contributed by atoms with Gasteiger partial charge in [-0.3, -0.25) is 4.79 Å². The van der Waals surface area contributed by atoms with E-state index in [0.29, 0.717) is 35.4 Å². The molecule has 2 rings (SSSR count). The smallest absolute Gasteiger partial charge is 0.248 e. The normalized spacial score (nSPS) is 10.7. The highest BCUT2D eigenvalue weighted by molar-refractivity contribution is 6.30. The molecule has 0 atom stereocenters. The molecule has 0 saturated carbocycles. The molecule has 0 bridgehead atoms. The molecule has 0 spiro atoms. The summed E-state index contributed by atoms with van der Waals surface area (Å²) in [5.41, 5.74) is 1.50. The number of halogens is 1. The second-order valence-corrected chi connectivity index (χ2v) is 5.52. The van der Waals surface area contributed by atoms with E-state index in [1.165, 1.54) is 6.08 Å². The highest BCUT2D eigenvalue weighted by Crippen LogP contribution is 2.30. The van der Waals surface area contributed by atoms with Crippen LogP contribution in [0.1, 0.15) is 5.56 Å². The lowest BCUT2D eigenvalue weighted by molar-refractivity contribution is -0.111. The van der Waals surface area contributed by atoms with Gasteiger partial charge in [-0.05, 0) is 35.9 Å². The van der Waals surface area contributed by atoms with Gasteiger partial charge in [-0.15, -0.1) is 0 Å². The van der Waals surface area contributed by atoms with Gasteiger partial charge in [-0.25, -0.2) is 0 Å². The minimum Gasteiger partial charge on any atom is -0.493 e. The number of ether oxygens (including phenoxy) is 3. The maximum Gasteiger partial charge on any atom is 0.248 e. The number of rotatable bonds is 8. The molecule has 0 aliphatic rings. The Morgan fingerprint density at radius 3 is 2.52 bits per heavy atom. The van der Waals surface area contributed by atoms with E-state index >= 15 is 0 Å². The summed E-state index contributed by atoms with van der Waals surface area (Å²) in [6.45, 7) is 0.851. The van der Waals surface area contributed by atoms with Gasteiger partial charge in [-0.1, -0.05) is 23.7 Å². The maximum absolute atomic E-state index is 12.1. The van der Waals surface area contributed by atoms with E-state index in [0.717, 1.165) is 5.56 Å². The molecule has 0 aliphatic heterocycles. The van der Waals surface area contributed by atoms with Crippen LogP contribution in [0.25, 0.3) is 6.08 Å². The lowest BCUT2D eigenvalue weighted by Gasteiger charge is -2.12. The van der Waals surface area contributed by atoms with Gasteiger partial charge in [0.1, 0.15) is 6.61 Å². The Morgan fingerprint density at radius 1 is 1.08 bits per heavy atom. The minimum atomic E-state index is -0.247. The van der Waals surface area contributed by atoms with Crippen molar-refractivity contribution in [3.63, 3.8) is 0 Å². The SMILES string of the molecule is COCCOc1cc(NC(=O)/C=C/c2ccc(Cl)cc2)ccc1OC. The summed E-state index contributed by atoms with van der Waals surface area (Å²) in [5.74, 6) is 0.882.